The van der Waals surface area contributed by atoms with Crippen LogP contribution in [0.4, 0.5) is 10.1 Å². The molecule has 0 radical (unpaired) electrons. The Morgan fingerprint density at radius 3 is 2.59 bits per heavy atom. The lowest BCUT2D eigenvalue weighted by atomic mass is 10.3. The van der Waals surface area contributed by atoms with Crippen molar-refractivity contribution in [1.29, 1.82) is 0 Å². The summed E-state index contributed by atoms with van der Waals surface area (Å²) in [5.41, 5.74) is -1.01. The van der Waals surface area contributed by atoms with Crippen LogP contribution in [0.5, 0.6) is 0 Å². The van der Waals surface area contributed by atoms with Crippen LogP contribution in [0.15, 0.2) is 23.1 Å². The van der Waals surface area contributed by atoms with Gasteiger partial charge in [0.25, 0.3) is 0 Å². The molecule has 2 rings (SSSR count). The molecular formula is C9H9FN2O4S. The summed E-state index contributed by atoms with van der Waals surface area (Å²) in [4.78, 5) is 9.00. The maximum atomic E-state index is 13.3. The van der Waals surface area contributed by atoms with Gasteiger partial charge in [-0.15, -0.1) is 0 Å². The van der Waals surface area contributed by atoms with Crippen LogP contribution in [0.2, 0.25) is 0 Å². The molecule has 0 aromatic heterocycles. The van der Waals surface area contributed by atoms with Gasteiger partial charge in [-0.2, -0.15) is 4.39 Å². The van der Waals surface area contributed by atoms with E-state index in [1.807, 2.05) is 0 Å². The van der Waals surface area contributed by atoms with Gasteiger partial charge in [-0.3, -0.25) is 10.1 Å². The molecule has 0 heterocycles. The summed E-state index contributed by atoms with van der Waals surface area (Å²) in [7, 11) is -4.03. The lowest BCUT2D eigenvalue weighted by molar-refractivity contribution is -0.390. The van der Waals surface area contributed by atoms with Crippen LogP contribution >= 0.6 is 0 Å². The fourth-order valence-electron chi connectivity index (χ4n) is 1.37. The first-order valence-electron chi connectivity index (χ1n) is 4.87. The molecule has 0 saturated heterocycles. The van der Waals surface area contributed by atoms with Crippen molar-refractivity contribution in [3.63, 3.8) is 0 Å². The second kappa shape index (κ2) is 4.04. The number of hydrogen-bond donors (Lipinski definition) is 1. The molecule has 1 aromatic carbocycles. The predicted molar refractivity (Wildman–Crippen MR) is 56.4 cm³/mol. The maximum absolute atomic E-state index is 13.3. The van der Waals surface area contributed by atoms with Crippen molar-refractivity contribution in [2.75, 3.05) is 0 Å². The Bertz CT molecular complexity index is 568. The Labute approximate surface area is 96.6 Å². The number of halogens is 1. The van der Waals surface area contributed by atoms with E-state index in [9.17, 15) is 22.9 Å². The van der Waals surface area contributed by atoms with Gasteiger partial charge in [0.2, 0.25) is 15.8 Å². The molecule has 0 atom stereocenters. The van der Waals surface area contributed by atoms with E-state index in [0.29, 0.717) is 12.8 Å². The van der Waals surface area contributed by atoms with Crippen LogP contribution < -0.4 is 4.72 Å². The smallest absolute Gasteiger partial charge is 0.258 e. The van der Waals surface area contributed by atoms with Gasteiger partial charge in [-0.1, -0.05) is 6.07 Å². The van der Waals surface area contributed by atoms with Gasteiger partial charge in [0.05, 0.1) is 4.92 Å². The van der Waals surface area contributed by atoms with E-state index < -0.39 is 31.3 Å². The summed E-state index contributed by atoms with van der Waals surface area (Å²) in [5, 5.41) is 10.7. The summed E-state index contributed by atoms with van der Waals surface area (Å²) in [5.74, 6) is -1.16. The van der Waals surface area contributed by atoms with Crippen LogP contribution in [0.3, 0.4) is 0 Å². The first-order valence-corrected chi connectivity index (χ1v) is 6.35. The molecule has 0 aliphatic heterocycles. The third-order valence-electron chi connectivity index (χ3n) is 2.32. The number of sulfonamides is 1. The van der Waals surface area contributed by atoms with Gasteiger partial charge in [0, 0.05) is 6.04 Å². The van der Waals surface area contributed by atoms with Crippen LogP contribution in [-0.2, 0) is 10.0 Å². The normalized spacial score (nSPS) is 15.8. The Kier molecular flexibility index (Phi) is 2.84. The number of rotatable bonds is 4. The average Bonchev–Trinajstić information content (AvgIpc) is 3.00. The fourth-order valence-corrected chi connectivity index (χ4v) is 2.86. The summed E-state index contributed by atoms with van der Waals surface area (Å²) in [6.45, 7) is 0. The monoisotopic (exact) mass is 260 g/mol. The predicted octanol–water partition coefficient (Wildman–Crippen LogP) is 1.17. The number of nitro benzene ring substituents is 1. The average molecular weight is 260 g/mol. The van der Waals surface area contributed by atoms with Crippen molar-refractivity contribution in [3.8, 4) is 0 Å². The van der Waals surface area contributed by atoms with E-state index in [2.05, 4.69) is 4.72 Å². The zero-order valence-corrected chi connectivity index (χ0v) is 9.41. The Balaban J connectivity index is 2.50. The molecule has 1 fully saturated rings. The number of nitrogens with one attached hydrogen (secondary N) is 1. The van der Waals surface area contributed by atoms with Gasteiger partial charge in [0.1, 0.15) is 0 Å². The van der Waals surface area contributed by atoms with Gasteiger partial charge >= 0.3 is 5.69 Å². The van der Waals surface area contributed by atoms with Crippen molar-refractivity contribution >= 4 is 15.7 Å². The Hall–Kier alpha value is -1.54. The Morgan fingerprint density at radius 1 is 1.41 bits per heavy atom. The summed E-state index contributed by atoms with van der Waals surface area (Å²) in [6, 6.07) is 2.81. The van der Waals surface area contributed by atoms with Crippen molar-refractivity contribution in [1.82, 2.24) is 4.72 Å². The second-order valence-electron chi connectivity index (χ2n) is 3.74. The van der Waals surface area contributed by atoms with Gasteiger partial charge in [0.15, 0.2) is 4.90 Å². The van der Waals surface area contributed by atoms with Crippen molar-refractivity contribution in [2.24, 2.45) is 0 Å². The van der Waals surface area contributed by atoms with E-state index in [1.54, 1.807) is 0 Å². The van der Waals surface area contributed by atoms with E-state index in [-0.39, 0.29) is 6.04 Å². The van der Waals surface area contributed by atoms with Gasteiger partial charge in [-0.25, -0.2) is 13.1 Å². The SMILES string of the molecule is O=[N+]([O-])c1c(F)cccc1S(=O)(=O)NC1CC1. The summed E-state index contributed by atoms with van der Waals surface area (Å²) >= 11 is 0. The third-order valence-corrected chi connectivity index (χ3v) is 3.87. The lowest BCUT2D eigenvalue weighted by Crippen LogP contribution is -2.26. The maximum Gasteiger partial charge on any atom is 0.324 e. The number of nitro groups is 1. The highest BCUT2D eigenvalue weighted by Crippen LogP contribution is 2.29. The highest BCUT2D eigenvalue weighted by atomic mass is 32.2. The minimum Gasteiger partial charge on any atom is -0.258 e. The lowest BCUT2D eigenvalue weighted by Gasteiger charge is -2.06. The molecule has 92 valence electrons. The largest absolute Gasteiger partial charge is 0.324 e. The van der Waals surface area contributed by atoms with Crippen LogP contribution in [0.1, 0.15) is 12.8 Å². The molecule has 0 spiro atoms. The zero-order chi connectivity index (χ0) is 12.6. The van der Waals surface area contributed by atoms with Gasteiger partial charge in [-0.05, 0) is 25.0 Å². The minimum atomic E-state index is -4.03. The fraction of sp³-hybridized carbons (Fsp3) is 0.333. The minimum absolute atomic E-state index is 0.192. The van der Waals surface area contributed by atoms with E-state index in [1.165, 1.54) is 0 Å². The number of para-hydroxylation sites is 1. The molecule has 0 unspecified atom stereocenters. The molecule has 6 nitrogen and oxygen atoms in total. The molecule has 1 N–H and O–H groups in total. The third kappa shape index (κ3) is 2.42. The molecule has 0 bridgehead atoms. The zero-order valence-electron chi connectivity index (χ0n) is 8.59. The number of benzene rings is 1. The van der Waals surface area contributed by atoms with Crippen LogP contribution in [0, 0.1) is 15.9 Å². The highest BCUT2D eigenvalue weighted by Gasteiger charge is 2.34. The molecular weight excluding hydrogens is 251 g/mol. The summed E-state index contributed by atoms with van der Waals surface area (Å²) in [6.07, 6.45) is 1.39. The van der Waals surface area contributed by atoms with Crippen molar-refractivity contribution in [2.45, 2.75) is 23.8 Å². The summed E-state index contributed by atoms with van der Waals surface area (Å²) < 4.78 is 39.1. The number of nitrogens with zero attached hydrogens (tertiary/aromatic N) is 1. The second-order valence-corrected chi connectivity index (χ2v) is 5.42. The van der Waals surface area contributed by atoms with Gasteiger partial charge < -0.3 is 0 Å². The van der Waals surface area contributed by atoms with E-state index >= 15 is 0 Å². The van der Waals surface area contributed by atoms with Crippen molar-refractivity contribution < 1.29 is 17.7 Å². The first kappa shape index (κ1) is 11.9. The molecule has 1 aliphatic rings. The topological polar surface area (TPSA) is 89.3 Å². The molecule has 1 aliphatic carbocycles. The molecule has 17 heavy (non-hydrogen) atoms. The number of hydrogen-bond acceptors (Lipinski definition) is 4. The Morgan fingerprint density at radius 2 is 2.06 bits per heavy atom. The quantitative estimate of drug-likeness (QED) is 0.650. The standard InChI is InChI=1S/C9H9FN2O4S/c10-7-2-1-3-8(9(7)12(13)14)17(15,16)11-6-4-5-6/h1-3,6,11H,4-5H2. The molecule has 0 amide bonds. The molecule has 1 saturated carbocycles. The molecule has 1 aromatic rings. The van der Waals surface area contributed by atoms with E-state index in [0.717, 1.165) is 18.2 Å². The highest BCUT2D eigenvalue weighted by molar-refractivity contribution is 7.89. The van der Waals surface area contributed by atoms with Crippen LogP contribution in [-0.4, -0.2) is 19.4 Å². The van der Waals surface area contributed by atoms with Crippen LogP contribution in [0.25, 0.3) is 0 Å². The van der Waals surface area contributed by atoms with Crippen molar-refractivity contribution in [3.05, 3.63) is 34.1 Å². The first-order chi connectivity index (χ1) is 7.92. The molecule has 8 heteroatoms. The van der Waals surface area contributed by atoms with E-state index in [4.69, 9.17) is 0 Å².